The molecule has 1 fully saturated rings. The van der Waals surface area contributed by atoms with E-state index in [0.717, 1.165) is 18.8 Å². The Morgan fingerprint density at radius 1 is 1.59 bits per heavy atom. The Morgan fingerprint density at radius 2 is 2.41 bits per heavy atom. The molecule has 4 nitrogen and oxygen atoms in total. The summed E-state index contributed by atoms with van der Waals surface area (Å²) in [4.78, 5) is 6.62. The number of nitrogens with two attached hydrogens (primary N) is 1. The second kappa shape index (κ2) is 5.05. The molecule has 1 aromatic heterocycles. The molecule has 0 amide bonds. The maximum absolute atomic E-state index is 8.99. The Hall–Kier alpha value is -1.76. The van der Waals surface area contributed by atoms with Gasteiger partial charge in [0.1, 0.15) is 6.07 Å². The zero-order valence-electron chi connectivity index (χ0n) is 10.2. The van der Waals surface area contributed by atoms with E-state index in [1.807, 2.05) is 0 Å². The van der Waals surface area contributed by atoms with Gasteiger partial charge < -0.3 is 10.6 Å². The van der Waals surface area contributed by atoms with Crippen molar-refractivity contribution < 1.29 is 0 Å². The van der Waals surface area contributed by atoms with Crippen molar-refractivity contribution in [3.8, 4) is 6.07 Å². The molecule has 1 aromatic rings. The number of aromatic nitrogens is 1. The van der Waals surface area contributed by atoms with Crippen LogP contribution < -0.4 is 10.6 Å². The van der Waals surface area contributed by atoms with Crippen molar-refractivity contribution >= 4 is 11.5 Å². The highest BCUT2D eigenvalue weighted by molar-refractivity contribution is 5.70. The van der Waals surface area contributed by atoms with Crippen LogP contribution >= 0.6 is 0 Å². The molecule has 1 aliphatic heterocycles. The molecule has 0 radical (unpaired) electrons. The van der Waals surface area contributed by atoms with Gasteiger partial charge in [0.05, 0.1) is 11.3 Å². The molecule has 1 unspecified atom stereocenters. The quantitative estimate of drug-likeness (QED) is 0.846. The fourth-order valence-corrected chi connectivity index (χ4v) is 2.49. The Kier molecular flexibility index (Phi) is 3.48. The third-order valence-corrected chi connectivity index (χ3v) is 3.46. The maximum Gasteiger partial charge on any atom is 0.153 e. The molecule has 2 rings (SSSR count). The summed E-state index contributed by atoms with van der Waals surface area (Å²) in [5, 5.41) is 8.99. The average Bonchev–Trinajstić information content (AvgIpc) is 2.39. The van der Waals surface area contributed by atoms with E-state index in [9.17, 15) is 0 Å². The summed E-state index contributed by atoms with van der Waals surface area (Å²) in [7, 11) is 0. The lowest BCUT2D eigenvalue weighted by atomic mass is 9.99. The van der Waals surface area contributed by atoms with Crippen LogP contribution in [0.4, 0.5) is 11.5 Å². The number of nitriles is 1. The average molecular weight is 230 g/mol. The monoisotopic (exact) mass is 230 g/mol. The van der Waals surface area contributed by atoms with Crippen LogP contribution in [0.3, 0.4) is 0 Å². The molecular formula is C13H18N4. The third kappa shape index (κ3) is 2.19. The number of hydrogen-bond acceptors (Lipinski definition) is 4. The largest absolute Gasteiger partial charge is 0.395 e. The summed E-state index contributed by atoms with van der Waals surface area (Å²) in [6.07, 6.45) is 6.40. The zero-order chi connectivity index (χ0) is 12.3. The number of nitrogen functional groups attached to an aromatic ring is 1. The summed E-state index contributed by atoms with van der Waals surface area (Å²) in [5.41, 5.74) is 7.06. The van der Waals surface area contributed by atoms with Gasteiger partial charge in [-0.1, -0.05) is 6.92 Å². The Labute approximate surface area is 102 Å². The first kappa shape index (κ1) is 11.7. The van der Waals surface area contributed by atoms with E-state index < -0.39 is 0 Å². The number of pyridine rings is 1. The van der Waals surface area contributed by atoms with Crippen LogP contribution in [0.2, 0.25) is 0 Å². The van der Waals surface area contributed by atoms with Gasteiger partial charge in [-0.2, -0.15) is 5.26 Å². The highest BCUT2D eigenvalue weighted by Gasteiger charge is 2.24. The lowest BCUT2D eigenvalue weighted by Gasteiger charge is -2.36. The molecule has 90 valence electrons. The molecule has 1 saturated heterocycles. The molecule has 2 N–H and O–H groups in total. The number of rotatable bonds is 2. The minimum atomic E-state index is 0.507. The smallest absolute Gasteiger partial charge is 0.153 e. The summed E-state index contributed by atoms with van der Waals surface area (Å²) in [6.45, 7) is 3.18. The van der Waals surface area contributed by atoms with E-state index >= 15 is 0 Å². The molecule has 4 heteroatoms. The number of anilines is 2. The SMILES string of the molecule is CCC1CCCCN1c1nccc(C#N)c1N. The van der Waals surface area contributed by atoms with Crippen molar-refractivity contribution in [3.63, 3.8) is 0 Å². The topological polar surface area (TPSA) is 65.9 Å². The highest BCUT2D eigenvalue weighted by Crippen LogP contribution is 2.30. The van der Waals surface area contributed by atoms with Crippen molar-refractivity contribution in [1.82, 2.24) is 4.98 Å². The molecule has 17 heavy (non-hydrogen) atoms. The lowest BCUT2D eigenvalue weighted by molar-refractivity contribution is 0.447. The standard InChI is InChI=1S/C13H18N4/c1-2-11-5-3-4-8-17(11)13-12(15)10(9-14)6-7-16-13/h6-7,11H,2-5,8,15H2,1H3. The van der Waals surface area contributed by atoms with Crippen molar-refractivity contribution in [2.24, 2.45) is 0 Å². The fraction of sp³-hybridized carbons (Fsp3) is 0.538. The summed E-state index contributed by atoms with van der Waals surface area (Å²) < 4.78 is 0. The number of nitrogens with zero attached hydrogens (tertiary/aromatic N) is 3. The minimum absolute atomic E-state index is 0.507. The Morgan fingerprint density at radius 3 is 3.12 bits per heavy atom. The van der Waals surface area contributed by atoms with E-state index in [1.54, 1.807) is 12.3 Å². The van der Waals surface area contributed by atoms with E-state index in [4.69, 9.17) is 11.0 Å². The Balaban J connectivity index is 2.35. The van der Waals surface area contributed by atoms with Crippen LogP contribution in [0.15, 0.2) is 12.3 Å². The van der Waals surface area contributed by atoms with E-state index in [2.05, 4.69) is 22.9 Å². The van der Waals surface area contributed by atoms with Gasteiger partial charge in [0, 0.05) is 18.8 Å². The van der Waals surface area contributed by atoms with Crippen molar-refractivity contribution in [1.29, 1.82) is 5.26 Å². The summed E-state index contributed by atoms with van der Waals surface area (Å²) >= 11 is 0. The van der Waals surface area contributed by atoms with Gasteiger partial charge in [-0.15, -0.1) is 0 Å². The second-order valence-electron chi connectivity index (χ2n) is 4.46. The first-order valence-corrected chi connectivity index (χ1v) is 6.19. The molecule has 0 aliphatic carbocycles. The zero-order valence-corrected chi connectivity index (χ0v) is 10.2. The normalized spacial score (nSPS) is 20.0. The molecule has 0 aromatic carbocycles. The minimum Gasteiger partial charge on any atom is -0.395 e. The van der Waals surface area contributed by atoms with E-state index in [0.29, 0.717) is 17.3 Å². The molecule has 1 atom stereocenters. The maximum atomic E-state index is 8.99. The third-order valence-electron chi connectivity index (χ3n) is 3.46. The van der Waals surface area contributed by atoms with Gasteiger partial charge in [0.15, 0.2) is 5.82 Å². The number of hydrogen-bond donors (Lipinski definition) is 1. The van der Waals surface area contributed by atoms with E-state index in [-0.39, 0.29) is 0 Å². The van der Waals surface area contributed by atoms with Crippen molar-refractivity contribution in [2.75, 3.05) is 17.2 Å². The van der Waals surface area contributed by atoms with Gasteiger partial charge in [0.25, 0.3) is 0 Å². The Bertz CT molecular complexity index is 436. The molecule has 1 aliphatic rings. The van der Waals surface area contributed by atoms with Gasteiger partial charge in [-0.25, -0.2) is 4.98 Å². The first-order valence-electron chi connectivity index (χ1n) is 6.19. The first-order chi connectivity index (χ1) is 8.27. The predicted octanol–water partition coefficient (Wildman–Crippen LogP) is 2.30. The molecule has 2 heterocycles. The van der Waals surface area contributed by atoms with E-state index in [1.165, 1.54) is 19.3 Å². The predicted molar refractivity (Wildman–Crippen MR) is 68.6 cm³/mol. The fourth-order valence-electron chi connectivity index (χ4n) is 2.49. The summed E-state index contributed by atoms with van der Waals surface area (Å²) in [6, 6.07) is 4.29. The van der Waals surface area contributed by atoms with Gasteiger partial charge in [-0.3, -0.25) is 0 Å². The molecule has 0 saturated carbocycles. The van der Waals surface area contributed by atoms with Crippen LogP contribution in [-0.4, -0.2) is 17.6 Å². The van der Waals surface area contributed by atoms with Gasteiger partial charge >= 0.3 is 0 Å². The van der Waals surface area contributed by atoms with Crippen molar-refractivity contribution in [2.45, 2.75) is 38.6 Å². The highest BCUT2D eigenvalue weighted by atomic mass is 15.2. The lowest BCUT2D eigenvalue weighted by Crippen LogP contribution is -2.40. The van der Waals surface area contributed by atoms with Gasteiger partial charge in [-0.05, 0) is 31.7 Å². The molecule has 0 bridgehead atoms. The van der Waals surface area contributed by atoms with Crippen LogP contribution in [0, 0.1) is 11.3 Å². The second-order valence-corrected chi connectivity index (χ2v) is 4.46. The molecule has 0 spiro atoms. The van der Waals surface area contributed by atoms with Gasteiger partial charge in [0.2, 0.25) is 0 Å². The van der Waals surface area contributed by atoms with Crippen LogP contribution in [0.5, 0.6) is 0 Å². The van der Waals surface area contributed by atoms with Crippen molar-refractivity contribution in [3.05, 3.63) is 17.8 Å². The van der Waals surface area contributed by atoms with Crippen LogP contribution in [0.25, 0.3) is 0 Å². The molecular weight excluding hydrogens is 212 g/mol. The summed E-state index contributed by atoms with van der Waals surface area (Å²) in [5.74, 6) is 0.788. The van der Waals surface area contributed by atoms with Crippen LogP contribution in [-0.2, 0) is 0 Å². The number of piperidine rings is 1. The van der Waals surface area contributed by atoms with Crippen LogP contribution in [0.1, 0.15) is 38.2 Å².